The van der Waals surface area contributed by atoms with Crippen LogP contribution in [-0.4, -0.2) is 4.57 Å². The third-order valence-corrected chi connectivity index (χ3v) is 9.75. The average Bonchev–Trinajstić information content (AvgIpc) is 3.60. The third-order valence-electron chi connectivity index (χ3n) is 8.55. The zero-order chi connectivity index (χ0) is 28.3. The van der Waals surface area contributed by atoms with Crippen molar-refractivity contribution < 1.29 is 0 Å². The van der Waals surface area contributed by atoms with Crippen LogP contribution in [0.25, 0.3) is 69.6 Å². The number of thiophene rings is 1. The normalized spacial score (nSPS) is 11.7. The highest BCUT2D eigenvalue weighted by Gasteiger charge is 2.18. The Balaban J connectivity index is 1.14. The third kappa shape index (κ3) is 3.86. The minimum Gasteiger partial charge on any atom is -0.355 e. The van der Waals surface area contributed by atoms with Gasteiger partial charge in [-0.1, -0.05) is 103 Å². The zero-order valence-corrected chi connectivity index (χ0v) is 24.1. The van der Waals surface area contributed by atoms with E-state index in [0.29, 0.717) is 0 Å². The van der Waals surface area contributed by atoms with Gasteiger partial charge >= 0.3 is 0 Å². The molecule has 0 amide bonds. The molecule has 43 heavy (non-hydrogen) atoms. The molecular formula is C40H26N2S. The number of fused-ring (bicyclic) bond motifs is 8. The van der Waals surface area contributed by atoms with Crippen LogP contribution in [0.5, 0.6) is 0 Å². The van der Waals surface area contributed by atoms with Crippen LogP contribution >= 0.6 is 11.3 Å². The van der Waals surface area contributed by atoms with Gasteiger partial charge in [0.1, 0.15) is 0 Å². The summed E-state index contributed by atoms with van der Waals surface area (Å²) < 4.78 is 5.08. The molecular weight excluding hydrogens is 541 g/mol. The molecule has 2 nitrogen and oxygen atoms in total. The minimum atomic E-state index is 1.08. The highest BCUT2D eigenvalue weighted by Crippen LogP contribution is 2.43. The van der Waals surface area contributed by atoms with E-state index in [-0.39, 0.29) is 0 Å². The van der Waals surface area contributed by atoms with Crippen LogP contribution in [0, 0.1) is 0 Å². The zero-order valence-electron chi connectivity index (χ0n) is 23.3. The van der Waals surface area contributed by atoms with E-state index in [2.05, 4.69) is 162 Å². The van der Waals surface area contributed by atoms with E-state index < -0.39 is 0 Å². The Kier molecular flexibility index (Phi) is 5.40. The van der Waals surface area contributed by atoms with Crippen LogP contribution in [0.3, 0.4) is 0 Å². The van der Waals surface area contributed by atoms with Crippen LogP contribution < -0.4 is 5.32 Å². The maximum absolute atomic E-state index is 3.71. The second-order valence-electron chi connectivity index (χ2n) is 11.1. The van der Waals surface area contributed by atoms with Crippen LogP contribution in [0.4, 0.5) is 11.4 Å². The Morgan fingerprint density at radius 3 is 2.00 bits per heavy atom. The first-order valence-electron chi connectivity index (χ1n) is 14.6. The molecule has 0 aliphatic rings. The Labute approximate surface area is 253 Å². The van der Waals surface area contributed by atoms with Gasteiger partial charge in [0.05, 0.1) is 15.7 Å². The molecule has 0 spiro atoms. The Hall–Kier alpha value is -5.38. The van der Waals surface area contributed by atoms with Gasteiger partial charge in [0.2, 0.25) is 0 Å². The van der Waals surface area contributed by atoms with E-state index >= 15 is 0 Å². The van der Waals surface area contributed by atoms with E-state index in [0.717, 1.165) is 11.4 Å². The van der Waals surface area contributed by atoms with Crippen molar-refractivity contribution >= 4 is 75.5 Å². The number of nitrogens with one attached hydrogen (secondary N) is 1. The lowest BCUT2D eigenvalue weighted by Crippen LogP contribution is -1.93. The van der Waals surface area contributed by atoms with Gasteiger partial charge in [-0.05, 0) is 75.8 Å². The second kappa shape index (κ2) is 9.59. The van der Waals surface area contributed by atoms with Crippen molar-refractivity contribution in [1.29, 1.82) is 0 Å². The molecule has 7 aromatic carbocycles. The quantitative estimate of drug-likeness (QED) is 0.210. The predicted octanol–water partition coefficient (Wildman–Crippen LogP) is 11.7. The number of hydrogen-bond acceptors (Lipinski definition) is 2. The molecule has 202 valence electrons. The summed E-state index contributed by atoms with van der Waals surface area (Å²) in [6, 6.07) is 54.7. The first-order valence-corrected chi connectivity index (χ1v) is 15.4. The van der Waals surface area contributed by atoms with Crippen molar-refractivity contribution in [2.24, 2.45) is 0 Å². The lowest BCUT2D eigenvalue weighted by atomic mass is 10.00. The molecule has 0 atom stereocenters. The Morgan fingerprint density at radius 1 is 0.488 bits per heavy atom. The van der Waals surface area contributed by atoms with Crippen molar-refractivity contribution in [2.75, 3.05) is 5.32 Å². The summed E-state index contributed by atoms with van der Waals surface area (Å²) in [6.45, 7) is 0. The van der Waals surface area contributed by atoms with Crippen molar-refractivity contribution in [3.63, 3.8) is 0 Å². The smallest absolute Gasteiger partial charge is 0.0727 e. The number of anilines is 2. The first kappa shape index (κ1) is 24.2. The topological polar surface area (TPSA) is 17.0 Å². The number of benzene rings is 7. The van der Waals surface area contributed by atoms with Gasteiger partial charge in [0, 0.05) is 37.9 Å². The fourth-order valence-corrected chi connectivity index (χ4v) is 7.77. The lowest BCUT2D eigenvalue weighted by molar-refractivity contribution is 1.19. The maximum Gasteiger partial charge on any atom is 0.0727 e. The highest BCUT2D eigenvalue weighted by molar-refractivity contribution is 7.26. The molecule has 9 aromatic rings. The fraction of sp³-hybridized carbons (Fsp3) is 0. The fourth-order valence-electron chi connectivity index (χ4n) is 6.55. The molecule has 2 aromatic heterocycles. The van der Waals surface area contributed by atoms with E-state index in [4.69, 9.17) is 0 Å². The molecule has 0 radical (unpaired) electrons. The van der Waals surface area contributed by atoms with Crippen LogP contribution in [0.1, 0.15) is 0 Å². The van der Waals surface area contributed by atoms with Crippen LogP contribution in [0.15, 0.2) is 152 Å². The molecule has 0 unspecified atom stereocenters. The lowest BCUT2D eigenvalue weighted by Gasteiger charge is -2.13. The van der Waals surface area contributed by atoms with E-state index in [1.807, 2.05) is 11.3 Å². The molecule has 0 saturated heterocycles. The summed E-state index contributed by atoms with van der Waals surface area (Å²) in [5, 5.41) is 11.3. The number of aromatic nitrogens is 1. The summed E-state index contributed by atoms with van der Waals surface area (Å²) in [4.78, 5) is 0. The van der Waals surface area contributed by atoms with Crippen molar-refractivity contribution in [1.82, 2.24) is 4.57 Å². The number of rotatable bonds is 4. The summed E-state index contributed by atoms with van der Waals surface area (Å²) in [5.74, 6) is 0. The Morgan fingerprint density at radius 2 is 1.16 bits per heavy atom. The summed E-state index contributed by atoms with van der Waals surface area (Å²) in [5.41, 5.74) is 8.35. The van der Waals surface area contributed by atoms with Gasteiger partial charge in [-0.25, -0.2) is 0 Å². The van der Waals surface area contributed by atoms with Gasteiger partial charge in [0.15, 0.2) is 0 Å². The Bertz CT molecular complexity index is 2470. The maximum atomic E-state index is 3.71. The first-order chi connectivity index (χ1) is 21.3. The standard InChI is InChI=1S/C40H26N2S/c1-2-11-30(12-3-1)42-37-23-20-27(24-35(37)40-39(42)34-16-8-9-17-38(34)43-40)26-18-21-29(22-19-26)41-36-25-28-10-4-5-13-31(28)32-14-6-7-15-33(32)36/h1-25,41H. The van der Waals surface area contributed by atoms with Gasteiger partial charge in [-0.2, -0.15) is 0 Å². The molecule has 2 heterocycles. The number of para-hydroxylation sites is 1. The van der Waals surface area contributed by atoms with Gasteiger partial charge in [-0.15, -0.1) is 11.3 Å². The summed E-state index contributed by atoms with van der Waals surface area (Å²) in [7, 11) is 0. The number of hydrogen-bond donors (Lipinski definition) is 1. The number of nitrogens with zero attached hydrogens (tertiary/aromatic N) is 1. The van der Waals surface area contributed by atoms with E-state index in [1.54, 1.807) is 0 Å². The second-order valence-corrected chi connectivity index (χ2v) is 12.1. The largest absolute Gasteiger partial charge is 0.355 e. The van der Waals surface area contributed by atoms with Crippen LogP contribution in [0.2, 0.25) is 0 Å². The molecule has 0 fully saturated rings. The molecule has 0 aliphatic heterocycles. The molecule has 0 saturated carbocycles. The molecule has 9 rings (SSSR count). The highest BCUT2D eigenvalue weighted by atomic mass is 32.1. The molecule has 1 N–H and O–H groups in total. The van der Waals surface area contributed by atoms with Gasteiger partial charge in [-0.3, -0.25) is 0 Å². The average molecular weight is 567 g/mol. The molecule has 0 bridgehead atoms. The summed E-state index contributed by atoms with van der Waals surface area (Å²) in [6.07, 6.45) is 0. The van der Waals surface area contributed by atoms with Crippen molar-refractivity contribution in [2.45, 2.75) is 0 Å². The SMILES string of the molecule is c1ccc(-n2c3ccc(-c4ccc(Nc5cc6ccccc6c6ccccc56)cc4)cc3c3sc4ccccc4c32)cc1. The van der Waals surface area contributed by atoms with E-state index in [1.165, 1.54) is 69.6 Å². The van der Waals surface area contributed by atoms with Crippen LogP contribution in [-0.2, 0) is 0 Å². The van der Waals surface area contributed by atoms with Gasteiger partial charge < -0.3 is 9.88 Å². The molecule has 0 aliphatic carbocycles. The monoisotopic (exact) mass is 566 g/mol. The van der Waals surface area contributed by atoms with Crippen molar-refractivity contribution in [3.05, 3.63) is 152 Å². The predicted molar refractivity (Wildman–Crippen MR) is 186 cm³/mol. The minimum absolute atomic E-state index is 1.08. The van der Waals surface area contributed by atoms with Crippen molar-refractivity contribution in [3.8, 4) is 16.8 Å². The molecule has 3 heteroatoms. The summed E-state index contributed by atoms with van der Waals surface area (Å²) >= 11 is 1.88. The van der Waals surface area contributed by atoms with Gasteiger partial charge in [0.25, 0.3) is 0 Å². The van der Waals surface area contributed by atoms with E-state index in [9.17, 15) is 0 Å².